The molecule has 1 aliphatic heterocycles. The first kappa shape index (κ1) is 20.6. The SMILES string of the molecule is CC(C)(C)c1ccc(C(=O)Nc2sc3c(c2C[NH+]2CCCCC2)CCCC3)cc1. The fourth-order valence-electron chi connectivity index (χ4n) is 4.69. The Morgan fingerprint density at radius 3 is 2.38 bits per heavy atom. The number of hydrogen-bond donors (Lipinski definition) is 2. The molecule has 0 radical (unpaired) electrons. The largest absolute Gasteiger partial charge is 0.331 e. The van der Waals surface area contributed by atoms with Crippen LogP contribution in [0.3, 0.4) is 0 Å². The highest BCUT2D eigenvalue weighted by molar-refractivity contribution is 7.16. The minimum atomic E-state index is 0.0268. The molecule has 0 saturated carbocycles. The molecule has 0 unspecified atom stereocenters. The summed E-state index contributed by atoms with van der Waals surface area (Å²) in [7, 11) is 0. The van der Waals surface area contributed by atoms with Crippen LogP contribution in [0.25, 0.3) is 0 Å². The fraction of sp³-hybridized carbons (Fsp3) is 0.560. The summed E-state index contributed by atoms with van der Waals surface area (Å²) in [6.07, 6.45) is 8.98. The molecule has 4 heteroatoms. The van der Waals surface area contributed by atoms with Crippen LogP contribution in [-0.2, 0) is 24.8 Å². The van der Waals surface area contributed by atoms with Gasteiger partial charge in [0, 0.05) is 16.0 Å². The summed E-state index contributed by atoms with van der Waals surface area (Å²) < 4.78 is 0. The second-order valence-electron chi connectivity index (χ2n) is 9.79. The van der Waals surface area contributed by atoms with Crippen molar-refractivity contribution in [2.75, 3.05) is 18.4 Å². The molecular weight excluding hydrogens is 376 g/mol. The van der Waals surface area contributed by atoms with Crippen LogP contribution in [0.15, 0.2) is 24.3 Å². The molecule has 2 N–H and O–H groups in total. The van der Waals surface area contributed by atoms with Gasteiger partial charge < -0.3 is 10.2 Å². The smallest absolute Gasteiger partial charge is 0.256 e. The summed E-state index contributed by atoms with van der Waals surface area (Å²) in [6, 6.07) is 8.12. The number of rotatable bonds is 4. The average molecular weight is 412 g/mol. The first-order valence-electron chi connectivity index (χ1n) is 11.3. The van der Waals surface area contributed by atoms with Gasteiger partial charge in [-0.3, -0.25) is 4.79 Å². The molecule has 0 spiro atoms. The number of amides is 1. The zero-order valence-corrected chi connectivity index (χ0v) is 19.0. The molecule has 4 rings (SSSR count). The van der Waals surface area contributed by atoms with Crippen LogP contribution in [-0.4, -0.2) is 19.0 Å². The van der Waals surface area contributed by atoms with Crippen LogP contribution in [0.4, 0.5) is 5.00 Å². The summed E-state index contributed by atoms with van der Waals surface area (Å²) in [5, 5.41) is 4.41. The number of carbonyl (C=O) groups is 1. The number of carbonyl (C=O) groups excluding carboxylic acids is 1. The number of hydrogen-bond acceptors (Lipinski definition) is 2. The summed E-state index contributed by atoms with van der Waals surface area (Å²) in [5.41, 5.74) is 5.10. The molecule has 2 aromatic rings. The van der Waals surface area contributed by atoms with Crippen LogP contribution < -0.4 is 10.2 Å². The molecule has 1 aromatic carbocycles. The van der Waals surface area contributed by atoms with E-state index in [4.69, 9.17) is 0 Å². The molecule has 1 fully saturated rings. The number of anilines is 1. The van der Waals surface area contributed by atoms with Gasteiger partial charge in [0.15, 0.2) is 0 Å². The van der Waals surface area contributed by atoms with E-state index in [1.807, 2.05) is 23.5 Å². The van der Waals surface area contributed by atoms with Crippen molar-refractivity contribution in [3.63, 3.8) is 0 Å². The molecule has 1 aliphatic carbocycles. The van der Waals surface area contributed by atoms with Gasteiger partial charge in [-0.25, -0.2) is 0 Å². The van der Waals surface area contributed by atoms with Crippen molar-refractivity contribution in [1.29, 1.82) is 0 Å². The number of piperidine rings is 1. The van der Waals surface area contributed by atoms with Crippen molar-refractivity contribution in [3.8, 4) is 0 Å². The number of fused-ring (bicyclic) bond motifs is 1. The maximum Gasteiger partial charge on any atom is 0.256 e. The van der Waals surface area contributed by atoms with Crippen molar-refractivity contribution in [2.24, 2.45) is 0 Å². The zero-order chi connectivity index (χ0) is 20.4. The van der Waals surface area contributed by atoms with Crippen molar-refractivity contribution < 1.29 is 9.69 Å². The van der Waals surface area contributed by atoms with E-state index in [-0.39, 0.29) is 11.3 Å². The molecule has 3 nitrogen and oxygen atoms in total. The maximum absolute atomic E-state index is 13.0. The summed E-state index contributed by atoms with van der Waals surface area (Å²) in [6.45, 7) is 10.2. The first-order chi connectivity index (χ1) is 13.9. The van der Waals surface area contributed by atoms with Crippen LogP contribution >= 0.6 is 11.3 Å². The number of likely N-dealkylation sites (tertiary alicyclic amines) is 1. The highest BCUT2D eigenvalue weighted by atomic mass is 32.1. The third-order valence-corrected chi connectivity index (χ3v) is 7.76. The second kappa shape index (κ2) is 8.61. The van der Waals surface area contributed by atoms with Crippen molar-refractivity contribution >= 4 is 22.2 Å². The van der Waals surface area contributed by atoms with Gasteiger partial charge in [0.1, 0.15) is 11.5 Å². The molecule has 2 heterocycles. The Hall–Kier alpha value is -1.65. The quantitative estimate of drug-likeness (QED) is 0.748. The van der Waals surface area contributed by atoms with Gasteiger partial charge in [-0.05, 0) is 73.6 Å². The fourth-order valence-corrected chi connectivity index (χ4v) is 6.00. The lowest BCUT2D eigenvalue weighted by Gasteiger charge is -2.25. The van der Waals surface area contributed by atoms with E-state index in [0.717, 1.165) is 17.1 Å². The second-order valence-corrected chi connectivity index (χ2v) is 10.9. The van der Waals surface area contributed by atoms with Crippen molar-refractivity contribution in [2.45, 2.75) is 77.7 Å². The van der Waals surface area contributed by atoms with Crippen LogP contribution in [0, 0.1) is 0 Å². The molecule has 156 valence electrons. The summed E-state index contributed by atoms with van der Waals surface area (Å²) in [4.78, 5) is 16.2. The molecule has 0 atom stereocenters. The van der Waals surface area contributed by atoms with Crippen LogP contribution in [0.1, 0.15) is 84.8 Å². The van der Waals surface area contributed by atoms with Gasteiger partial charge in [-0.2, -0.15) is 0 Å². The number of quaternary nitrogens is 1. The minimum Gasteiger partial charge on any atom is -0.331 e. The molecule has 0 bridgehead atoms. The normalized spacial score (nSPS) is 17.8. The summed E-state index contributed by atoms with van der Waals surface area (Å²) >= 11 is 1.84. The molecule has 29 heavy (non-hydrogen) atoms. The minimum absolute atomic E-state index is 0.0268. The molecule has 2 aliphatic rings. The average Bonchev–Trinajstić information content (AvgIpc) is 3.05. The van der Waals surface area contributed by atoms with E-state index >= 15 is 0 Å². The van der Waals surface area contributed by atoms with E-state index in [9.17, 15) is 4.79 Å². The van der Waals surface area contributed by atoms with E-state index < -0.39 is 0 Å². The van der Waals surface area contributed by atoms with Crippen molar-refractivity contribution in [3.05, 3.63) is 51.4 Å². The monoisotopic (exact) mass is 411 g/mol. The Labute approximate surface area is 179 Å². The molecule has 1 saturated heterocycles. The molecule has 1 amide bonds. The number of thiophene rings is 1. The highest BCUT2D eigenvalue weighted by Crippen LogP contribution is 2.38. The third kappa shape index (κ3) is 4.75. The van der Waals surface area contributed by atoms with Gasteiger partial charge in [0.05, 0.1) is 13.1 Å². The van der Waals surface area contributed by atoms with Gasteiger partial charge in [-0.15, -0.1) is 11.3 Å². The lowest BCUT2D eigenvalue weighted by atomic mass is 9.87. The number of benzene rings is 1. The Kier molecular flexibility index (Phi) is 6.12. The number of nitrogens with one attached hydrogen (secondary N) is 2. The predicted molar refractivity (Wildman–Crippen MR) is 122 cm³/mol. The van der Waals surface area contributed by atoms with E-state index in [0.29, 0.717) is 0 Å². The van der Waals surface area contributed by atoms with Crippen LogP contribution in [0.2, 0.25) is 0 Å². The maximum atomic E-state index is 13.0. The Morgan fingerprint density at radius 2 is 1.69 bits per heavy atom. The number of aryl methyl sites for hydroxylation is 1. The Bertz CT molecular complexity index is 854. The highest BCUT2D eigenvalue weighted by Gasteiger charge is 2.26. The lowest BCUT2D eigenvalue weighted by molar-refractivity contribution is -0.918. The first-order valence-corrected chi connectivity index (χ1v) is 12.1. The Balaban J connectivity index is 1.55. The van der Waals surface area contributed by atoms with Gasteiger partial charge in [0.25, 0.3) is 5.91 Å². The predicted octanol–water partition coefficient (Wildman–Crippen LogP) is 4.75. The van der Waals surface area contributed by atoms with Gasteiger partial charge in [0.2, 0.25) is 0 Å². The van der Waals surface area contributed by atoms with Crippen molar-refractivity contribution in [1.82, 2.24) is 0 Å². The van der Waals surface area contributed by atoms with Gasteiger partial charge >= 0.3 is 0 Å². The van der Waals surface area contributed by atoms with E-state index in [1.165, 1.54) is 74.0 Å². The van der Waals surface area contributed by atoms with Crippen LogP contribution in [0.5, 0.6) is 0 Å². The third-order valence-electron chi connectivity index (χ3n) is 6.51. The van der Waals surface area contributed by atoms with E-state index in [2.05, 4.69) is 38.2 Å². The topological polar surface area (TPSA) is 33.5 Å². The zero-order valence-electron chi connectivity index (χ0n) is 18.2. The van der Waals surface area contributed by atoms with Gasteiger partial charge in [-0.1, -0.05) is 32.9 Å². The Morgan fingerprint density at radius 1 is 1.00 bits per heavy atom. The summed E-state index contributed by atoms with van der Waals surface area (Å²) in [5.74, 6) is 0.0268. The molecular formula is C25H35N2OS+. The molecule has 1 aromatic heterocycles. The lowest BCUT2D eigenvalue weighted by Crippen LogP contribution is -3.11. The van der Waals surface area contributed by atoms with E-state index in [1.54, 1.807) is 10.5 Å². The standard InChI is InChI=1S/C25H34N2OS/c1-25(2,3)19-13-11-18(12-14-19)23(28)26-24-21(17-27-15-7-4-8-16-27)20-9-5-6-10-22(20)29-24/h11-14H,4-10,15-17H2,1-3H3,(H,26,28)/p+1.